The zero-order chi connectivity index (χ0) is 9.68. The van der Waals surface area contributed by atoms with E-state index in [4.69, 9.17) is 11.6 Å². The van der Waals surface area contributed by atoms with E-state index in [-0.39, 0.29) is 11.7 Å². The predicted molar refractivity (Wildman–Crippen MR) is 55.8 cm³/mol. The summed E-state index contributed by atoms with van der Waals surface area (Å²) in [5.74, 6) is 0.295. The first-order valence-corrected chi connectivity index (χ1v) is 4.60. The topological polar surface area (TPSA) is 17.1 Å². The van der Waals surface area contributed by atoms with Crippen molar-refractivity contribution in [2.45, 2.75) is 6.92 Å². The third kappa shape index (κ3) is 3.03. The highest BCUT2D eigenvalue weighted by molar-refractivity contribution is 6.23. The molecule has 68 valence electrons. The minimum atomic E-state index is 0.0267. The van der Waals surface area contributed by atoms with Crippen molar-refractivity contribution < 1.29 is 4.79 Å². The molecule has 0 unspecified atom stereocenters. The minimum absolute atomic E-state index is 0.0267. The number of ketones is 1. The first-order valence-electron chi connectivity index (χ1n) is 4.06. The van der Waals surface area contributed by atoms with Crippen LogP contribution in [0.25, 0.3) is 6.08 Å². The number of rotatable bonds is 3. The van der Waals surface area contributed by atoms with Crippen LogP contribution >= 0.6 is 11.6 Å². The lowest BCUT2D eigenvalue weighted by Crippen LogP contribution is -1.97. The highest BCUT2D eigenvalue weighted by Crippen LogP contribution is 2.08. The molecule has 0 radical (unpaired) electrons. The summed E-state index contributed by atoms with van der Waals surface area (Å²) in [5, 5.41) is 0. The summed E-state index contributed by atoms with van der Waals surface area (Å²) in [7, 11) is 0. The van der Waals surface area contributed by atoms with E-state index in [2.05, 4.69) is 0 Å². The zero-order valence-corrected chi connectivity index (χ0v) is 8.21. The monoisotopic (exact) mass is 194 g/mol. The molecule has 0 spiro atoms. The largest absolute Gasteiger partial charge is 0.295 e. The molecule has 0 fully saturated rings. The standard InChI is InChI=1S/C11H11ClO/c1-9(13)11(8-12)7-10-5-3-2-4-6-10/h2-7H,8H2,1H3/b11-7+. The van der Waals surface area contributed by atoms with E-state index in [1.54, 1.807) is 0 Å². The number of hydrogen-bond acceptors (Lipinski definition) is 1. The Morgan fingerprint density at radius 3 is 2.46 bits per heavy atom. The number of benzene rings is 1. The molecule has 1 aromatic rings. The van der Waals surface area contributed by atoms with Crippen molar-refractivity contribution >= 4 is 23.5 Å². The number of hydrogen-bond donors (Lipinski definition) is 0. The van der Waals surface area contributed by atoms with E-state index in [1.807, 2.05) is 36.4 Å². The van der Waals surface area contributed by atoms with Crippen molar-refractivity contribution in [1.82, 2.24) is 0 Å². The summed E-state index contributed by atoms with van der Waals surface area (Å²) < 4.78 is 0. The second kappa shape index (κ2) is 4.83. The maximum Gasteiger partial charge on any atom is 0.157 e. The van der Waals surface area contributed by atoms with Gasteiger partial charge in [0.15, 0.2) is 5.78 Å². The van der Waals surface area contributed by atoms with Crippen LogP contribution in [0.4, 0.5) is 0 Å². The van der Waals surface area contributed by atoms with Crippen molar-refractivity contribution in [2.75, 3.05) is 5.88 Å². The summed E-state index contributed by atoms with van der Waals surface area (Å²) in [6.45, 7) is 1.52. The van der Waals surface area contributed by atoms with Gasteiger partial charge >= 0.3 is 0 Å². The Labute approximate surface area is 83.0 Å². The van der Waals surface area contributed by atoms with E-state index >= 15 is 0 Å². The lowest BCUT2D eigenvalue weighted by Gasteiger charge is -1.97. The summed E-state index contributed by atoms with van der Waals surface area (Å²) >= 11 is 5.62. The van der Waals surface area contributed by atoms with Crippen LogP contribution in [0.1, 0.15) is 12.5 Å². The SMILES string of the molecule is CC(=O)/C(=C/c1ccccc1)CCl. The van der Waals surface area contributed by atoms with Gasteiger partial charge in [-0.3, -0.25) is 4.79 Å². The molecule has 13 heavy (non-hydrogen) atoms. The van der Waals surface area contributed by atoms with E-state index in [9.17, 15) is 4.79 Å². The Hall–Kier alpha value is -1.08. The van der Waals surface area contributed by atoms with Crippen molar-refractivity contribution in [1.29, 1.82) is 0 Å². The van der Waals surface area contributed by atoms with Crippen LogP contribution in [-0.2, 0) is 4.79 Å². The Balaban J connectivity index is 2.92. The fourth-order valence-electron chi connectivity index (χ4n) is 0.985. The highest BCUT2D eigenvalue weighted by atomic mass is 35.5. The first kappa shape index (κ1) is 10.0. The van der Waals surface area contributed by atoms with Gasteiger partial charge in [0.25, 0.3) is 0 Å². The highest BCUT2D eigenvalue weighted by Gasteiger charge is 2.00. The molecule has 1 rings (SSSR count). The van der Waals surface area contributed by atoms with Gasteiger partial charge in [-0.25, -0.2) is 0 Å². The number of carbonyl (C=O) groups is 1. The molecule has 0 bridgehead atoms. The van der Waals surface area contributed by atoms with Gasteiger partial charge in [-0.1, -0.05) is 30.3 Å². The summed E-state index contributed by atoms with van der Waals surface area (Å²) in [6, 6.07) is 9.67. The third-order valence-corrected chi connectivity index (χ3v) is 2.02. The Morgan fingerprint density at radius 1 is 1.38 bits per heavy atom. The smallest absolute Gasteiger partial charge is 0.157 e. The quantitative estimate of drug-likeness (QED) is 0.534. The summed E-state index contributed by atoms with van der Waals surface area (Å²) in [5.41, 5.74) is 1.65. The number of carbonyl (C=O) groups excluding carboxylic acids is 1. The maximum atomic E-state index is 11.0. The van der Waals surface area contributed by atoms with Gasteiger partial charge in [0, 0.05) is 5.57 Å². The molecule has 0 atom stereocenters. The number of alkyl halides is 1. The maximum absolute atomic E-state index is 11.0. The average Bonchev–Trinajstić information content (AvgIpc) is 2.15. The van der Waals surface area contributed by atoms with E-state index in [0.29, 0.717) is 5.57 Å². The van der Waals surface area contributed by atoms with E-state index < -0.39 is 0 Å². The third-order valence-electron chi connectivity index (χ3n) is 1.74. The van der Waals surface area contributed by atoms with Crippen molar-refractivity contribution in [3.05, 3.63) is 41.5 Å². The lowest BCUT2D eigenvalue weighted by molar-refractivity contribution is -0.113. The predicted octanol–water partition coefficient (Wildman–Crippen LogP) is 2.90. The van der Waals surface area contributed by atoms with E-state index in [0.717, 1.165) is 5.56 Å². The molecule has 2 heteroatoms. The Bertz CT molecular complexity index is 314. The fourth-order valence-corrected chi connectivity index (χ4v) is 1.25. The summed E-state index contributed by atoms with van der Waals surface area (Å²) in [6.07, 6.45) is 1.81. The van der Waals surface area contributed by atoms with Crippen LogP contribution in [0.3, 0.4) is 0 Å². The molecular weight excluding hydrogens is 184 g/mol. The molecular formula is C11H11ClO. The fraction of sp³-hybridized carbons (Fsp3) is 0.182. The van der Waals surface area contributed by atoms with Gasteiger partial charge in [-0.05, 0) is 18.6 Å². The molecule has 0 aliphatic rings. The summed E-state index contributed by atoms with van der Waals surface area (Å²) in [4.78, 5) is 11.0. The van der Waals surface area contributed by atoms with Crippen LogP contribution in [0, 0.1) is 0 Å². The molecule has 0 aliphatic carbocycles. The molecule has 1 aromatic carbocycles. The van der Waals surface area contributed by atoms with Crippen LogP contribution < -0.4 is 0 Å². The Kier molecular flexibility index (Phi) is 3.71. The van der Waals surface area contributed by atoms with Crippen LogP contribution in [0.2, 0.25) is 0 Å². The first-order chi connectivity index (χ1) is 6.24. The second-order valence-corrected chi connectivity index (χ2v) is 3.04. The molecule has 0 aliphatic heterocycles. The van der Waals surface area contributed by atoms with Gasteiger partial charge in [0.2, 0.25) is 0 Å². The minimum Gasteiger partial charge on any atom is -0.295 e. The molecule has 0 aromatic heterocycles. The number of Topliss-reactive ketones (excluding diaryl/α,β-unsaturated/α-hetero) is 1. The van der Waals surface area contributed by atoms with Crippen molar-refractivity contribution in [3.8, 4) is 0 Å². The molecule has 0 saturated heterocycles. The molecule has 0 heterocycles. The van der Waals surface area contributed by atoms with Gasteiger partial charge in [0.05, 0.1) is 5.88 Å². The average molecular weight is 195 g/mol. The normalized spacial score (nSPS) is 11.4. The molecule has 0 saturated carbocycles. The van der Waals surface area contributed by atoms with Gasteiger partial charge in [-0.2, -0.15) is 0 Å². The van der Waals surface area contributed by atoms with Crippen LogP contribution in [-0.4, -0.2) is 11.7 Å². The van der Waals surface area contributed by atoms with Gasteiger partial charge in [-0.15, -0.1) is 11.6 Å². The van der Waals surface area contributed by atoms with Gasteiger partial charge in [0.1, 0.15) is 0 Å². The zero-order valence-electron chi connectivity index (χ0n) is 7.46. The second-order valence-electron chi connectivity index (χ2n) is 2.77. The molecule has 0 amide bonds. The van der Waals surface area contributed by atoms with Crippen molar-refractivity contribution in [3.63, 3.8) is 0 Å². The Morgan fingerprint density at radius 2 is 2.00 bits per heavy atom. The van der Waals surface area contributed by atoms with Crippen LogP contribution in [0.15, 0.2) is 35.9 Å². The molecule has 1 nitrogen and oxygen atoms in total. The molecule has 0 N–H and O–H groups in total. The lowest BCUT2D eigenvalue weighted by atomic mass is 10.1. The van der Waals surface area contributed by atoms with Crippen LogP contribution in [0.5, 0.6) is 0 Å². The van der Waals surface area contributed by atoms with Crippen molar-refractivity contribution in [2.24, 2.45) is 0 Å². The van der Waals surface area contributed by atoms with Gasteiger partial charge < -0.3 is 0 Å². The van der Waals surface area contributed by atoms with E-state index in [1.165, 1.54) is 6.92 Å². The number of allylic oxidation sites excluding steroid dienone is 1. The number of halogens is 1.